The lowest BCUT2D eigenvalue weighted by atomic mass is 9.88. The largest absolute Gasteiger partial charge is 0.453 e. The van der Waals surface area contributed by atoms with Crippen LogP contribution in [0, 0.1) is 41.7 Å². The molecule has 0 bridgehead atoms. The van der Waals surface area contributed by atoms with Gasteiger partial charge >= 0.3 is 5.97 Å². The number of nitrogens with one attached hydrogen (secondary N) is 1. The number of hydrogen-bond acceptors (Lipinski definition) is 6. The lowest BCUT2D eigenvalue weighted by molar-refractivity contribution is -0.490. The summed E-state index contributed by atoms with van der Waals surface area (Å²) in [5.74, 6) is -2.72. The van der Waals surface area contributed by atoms with Crippen molar-refractivity contribution in [3.8, 4) is 0 Å². The molecule has 28 heavy (non-hydrogen) atoms. The Balaban J connectivity index is 1.94. The molecule has 0 radical (unpaired) electrons. The third-order valence-electron chi connectivity index (χ3n) is 5.25. The fourth-order valence-corrected chi connectivity index (χ4v) is 3.67. The second kappa shape index (κ2) is 8.95. The number of amides is 1. The van der Waals surface area contributed by atoms with Crippen LogP contribution in [-0.2, 0) is 19.1 Å². The van der Waals surface area contributed by atoms with E-state index in [1.165, 1.54) is 6.92 Å². The van der Waals surface area contributed by atoms with Crippen molar-refractivity contribution < 1.29 is 24.0 Å². The van der Waals surface area contributed by atoms with Crippen LogP contribution in [0.1, 0.15) is 37.8 Å². The normalized spacial score (nSPS) is 22.6. The summed E-state index contributed by atoms with van der Waals surface area (Å²) < 4.78 is 5.17. The Hall–Kier alpha value is -2.77. The summed E-state index contributed by atoms with van der Waals surface area (Å²) in [6, 6.07) is 5.56. The molecule has 1 amide bonds. The molecule has 0 aliphatic heterocycles. The van der Waals surface area contributed by atoms with E-state index in [2.05, 4.69) is 5.32 Å². The van der Waals surface area contributed by atoms with E-state index >= 15 is 0 Å². The van der Waals surface area contributed by atoms with E-state index in [1.54, 1.807) is 13.0 Å². The predicted octanol–water partition coefficient (Wildman–Crippen LogP) is 2.68. The summed E-state index contributed by atoms with van der Waals surface area (Å²) in [5, 5.41) is 13.6. The molecule has 0 aromatic heterocycles. The number of aryl methyl sites for hydroxylation is 2. The fraction of sp³-hybridized carbons (Fsp3) is 0.550. The summed E-state index contributed by atoms with van der Waals surface area (Å²) in [6.07, 6.45) is -1.07. The molecule has 1 aliphatic carbocycles. The van der Waals surface area contributed by atoms with Gasteiger partial charge in [-0.25, -0.2) is 0 Å². The minimum absolute atomic E-state index is 0.152. The van der Waals surface area contributed by atoms with Gasteiger partial charge in [0.2, 0.25) is 6.54 Å². The zero-order chi connectivity index (χ0) is 21.0. The molecule has 4 atom stereocenters. The van der Waals surface area contributed by atoms with Gasteiger partial charge in [-0.05, 0) is 38.3 Å². The van der Waals surface area contributed by atoms with Crippen molar-refractivity contribution in [2.24, 2.45) is 17.8 Å². The van der Waals surface area contributed by atoms with Gasteiger partial charge in [0.05, 0.1) is 6.42 Å². The van der Waals surface area contributed by atoms with Crippen molar-refractivity contribution in [1.29, 1.82) is 0 Å². The predicted molar refractivity (Wildman–Crippen MR) is 102 cm³/mol. The van der Waals surface area contributed by atoms with E-state index in [1.807, 2.05) is 26.0 Å². The van der Waals surface area contributed by atoms with Gasteiger partial charge in [0.15, 0.2) is 6.10 Å². The first-order valence-electron chi connectivity index (χ1n) is 9.30. The SMILES string of the molecule is Cc1ccc(NC(=O)[C@H](C)OC(=O)C[C@@H]2C(=O)C[C@@H](C)[C@H]2C[N+](=O)[O-])c(C)c1. The average molecular weight is 390 g/mol. The Bertz CT molecular complexity index is 791. The summed E-state index contributed by atoms with van der Waals surface area (Å²) in [6.45, 7) is 6.68. The fourth-order valence-electron chi connectivity index (χ4n) is 3.67. The van der Waals surface area contributed by atoms with Gasteiger partial charge in [0, 0.05) is 28.9 Å². The van der Waals surface area contributed by atoms with Crippen molar-refractivity contribution in [1.82, 2.24) is 0 Å². The first-order chi connectivity index (χ1) is 13.1. The summed E-state index contributed by atoms with van der Waals surface area (Å²) in [7, 11) is 0. The lowest BCUT2D eigenvalue weighted by Gasteiger charge is -2.19. The monoisotopic (exact) mass is 390 g/mol. The quantitative estimate of drug-likeness (QED) is 0.435. The third-order valence-corrected chi connectivity index (χ3v) is 5.25. The van der Waals surface area contributed by atoms with E-state index in [0.717, 1.165) is 11.1 Å². The molecule has 1 fully saturated rings. The molecule has 152 valence electrons. The second-order valence-electron chi connectivity index (χ2n) is 7.58. The topological polar surface area (TPSA) is 116 Å². The number of ether oxygens (including phenoxy) is 1. The van der Waals surface area contributed by atoms with E-state index in [9.17, 15) is 24.5 Å². The molecule has 8 heteroatoms. The molecule has 0 saturated heterocycles. The molecule has 1 saturated carbocycles. The molecular weight excluding hydrogens is 364 g/mol. The van der Waals surface area contributed by atoms with Crippen molar-refractivity contribution in [2.75, 3.05) is 11.9 Å². The second-order valence-corrected chi connectivity index (χ2v) is 7.58. The Morgan fingerprint density at radius 2 is 2.04 bits per heavy atom. The van der Waals surface area contributed by atoms with Gasteiger partial charge in [0.1, 0.15) is 5.78 Å². The molecule has 1 aliphatic rings. The van der Waals surface area contributed by atoms with Crippen LogP contribution in [0.2, 0.25) is 0 Å². The molecular formula is C20H26N2O6. The summed E-state index contributed by atoms with van der Waals surface area (Å²) in [5.41, 5.74) is 2.58. The number of esters is 1. The van der Waals surface area contributed by atoms with Crippen molar-refractivity contribution in [2.45, 2.75) is 46.6 Å². The summed E-state index contributed by atoms with van der Waals surface area (Å²) in [4.78, 5) is 47.1. The Morgan fingerprint density at radius 1 is 1.36 bits per heavy atom. The molecule has 8 nitrogen and oxygen atoms in total. The zero-order valence-electron chi connectivity index (χ0n) is 16.6. The third kappa shape index (κ3) is 5.37. The van der Waals surface area contributed by atoms with Crippen molar-refractivity contribution >= 4 is 23.3 Å². The van der Waals surface area contributed by atoms with Crippen LogP contribution in [0.25, 0.3) is 0 Å². The van der Waals surface area contributed by atoms with E-state index in [0.29, 0.717) is 5.69 Å². The van der Waals surface area contributed by atoms with Crippen LogP contribution in [-0.4, -0.2) is 35.2 Å². The maximum Gasteiger partial charge on any atom is 0.307 e. The van der Waals surface area contributed by atoms with Crippen molar-refractivity contribution in [3.05, 3.63) is 39.4 Å². The lowest BCUT2D eigenvalue weighted by Crippen LogP contribution is -2.32. The van der Waals surface area contributed by atoms with Crippen LogP contribution >= 0.6 is 0 Å². The molecule has 2 rings (SSSR count). The Morgan fingerprint density at radius 3 is 2.64 bits per heavy atom. The van der Waals surface area contributed by atoms with Crippen LogP contribution in [0.3, 0.4) is 0 Å². The maximum absolute atomic E-state index is 12.3. The number of hydrogen-bond donors (Lipinski definition) is 1. The number of Topliss-reactive ketones (excluding diaryl/α,β-unsaturated/α-hetero) is 1. The number of carbonyl (C=O) groups is 3. The number of benzene rings is 1. The minimum atomic E-state index is -1.05. The number of rotatable bonds is 7. The minimum Gasteiger partial charge on any atom is -0.453 e. The molecule has 1 aromatic carbocycles. The number of carbonyl (C=O) groups excluding carboxylic acids is 3. The smallest absolute Gasteiger partial charge is 0.307 e. The highest BCUT2D eigenvalue weighted by Crippen LogP contribution is 2.36. The first kappa shape index (κ1) is 21.5. The zero-order valence-corrected chi connectivity index (χ0v) is 16.6. The number of nitro groups is 1. The first-order valence-corrected chi connectivity index (χ1v) is 9.30. The molecule has 0 unspecified atom stereocenters. The Labute approximate surface area is 163 Å². The molecule has 0 spiro atoms. The van der Waals surface area contributed by atoms with Gasteiger partial charge < -0.3 is 10.1 Å². The van der Waals surface area contributed by atoms with E-state index < -0.39 is 34.7 Å². The van der Waals surface area contributed by atoms with Crippen LogP contribution in [0.5, 0.6) is 0 Å². The number of nitrogens with zero attached hydrogens (tertiary/aromatic N) is 1. The highest BCUT2D eigenvalue weighted by Gasteiger charge is 2.44. The van der Waals surface area contributed by atoms with Crippen LogP contribution in [0.15, 0.2) is 18.2 Å². The molecule has 1 N–H and O–H groups in total. The highest BCUT2D eigenvalue weighted by atomic mass is 16.6. The van der Waals surface area contributed by atoms with E-state index in [4.69, 9.17) is 4.74 Å². The van der Waals surface area contributed by atoms with Crippen LogP contribution < -0.4 is 5.32 Å². The molecule has 0 heterocycles. The van der Waals surface area contributed by atoms with Gasteiger partial charge in [-0.15, -0.1) is 0 Å². The molecule has 1 aromatic rings. The van der Waals surface area contributed by atoms with Gasteiger partial charge in [-0.1, -0.05) is 24.6 Å². The van der Waals surface area contributed by atoms with Gasteiger partial charge in [-0.2, -0.15) is 0 Å². The standard InChI is InChI=1S/C20H26N2O6/c1-11-5-6-17(13(3)7-11)21-20(25)14(4)28-19(24)9-15-16(10-22(26)27)12(2)8-18(15)23/h5-7,12,14-16H,8-10H2,1-4H3,(H,21,25)/t12-,14+,15+,16-/m1/s1. The van der Waals surface area contributed by atoms with Gasteiger partial charge in [-0.3, -0.25) is 24.5 Å². The number of ketones is 1. The average Bonchev–Trinajstić information content (AvgIpc) is 2.83. The van der Waals surface area contributed by atoms with Crippen LogP contribution in [0.4, 0.5) is 5.69 Å². The van der Waals surface area contributed by atoms with E-state index in [-0.39, 0.29) is 31.1 Å². The maximum atomic E-state index is 12.3. The van der Waals surface area contributed by atoms with Gasteiger partial charge in [0.25, 0.3) is 5.91 Å². The highest BCUT2D eigenvalue weighted by molar-refractivity contribution is 5.96. The summed E-state index contributed by atoms with van der Waals surface area (Å²) >= 11 is 0. The Kier molecular flexibility index (Phi) is 6.88. The van der Waals surface area contributed by atoms with Crippen molar-refractivity contribution in [3.63, 3.8) is 0 Å². The number of anilines is 1.